The maximum atomic E-state index is 13.1. The topological polar surface area (TPSA) is 58.2 Å². The van der Waals surface area contributed by atoms with Crippen molar-refractivity contribution in [3.63, 3.8) is 0 Å². The second kappa shape index (κ2) is 6.42. The van der Waals surface area contributed by atoms with Crippen LogP contribution in [-0.2, 0) is 9.59 Å². The number of para-hydroxylation sites is 1. The van der Waals surface area contributed by atoms with Crippen molar-refractivity contribution in [2.45, 2.75) is 23.5 Å². The maximum Gasteiger partial charge on any atom is 0.238 e. The SMILES string of the molecule is Cc1cc(F)ccc1NC(=O)CC1Sc2ccccc2NC1=O. The molecule has 0 saturated carbocycles. The third kappa shape index (κ3) is 3.53. The normalized spacial score (nSPS) is 16.4. The van der Waals surface area contributed by atoms with Crippen molar-refractivity contribution >= 4 is 35.0 Å². The Morgan fingerprint density at radius 1 is 1.30 bits per heavy atom. The molecular formula is C17H15FN2O2S. The van der Waals surface area contributed by atoms with Gasteiger partial charge in [0, 0.05) is 17.0 Å². The number of benzene rings is 2. The molecule has 1 aliphatic heterocycles. The number of rotatable bonds is 3. The zero-order valence-electron chi connectivity index (χ0n) is 12.4. The zero-order valence-corrected chi connectivity index (χ0v) is 13.2. The molecule has 2 N–H and O–H groups in total. The molecule has 2 aromatic rings. The fraction of sp³-hybridized carbons (Fsp3) is 0.176. The van der Waals surface area contributed by atoms with Crippen molar-refractivity contribution in [1.82, 2.24) is 0 Å². The average molecular weight is 330 g/mol. The summed E-state index contributed by atoms with van der Waals surface area (Å²) in [6.45, 7) is 1.72. The standard InChI is InChI=1S/C17H15FN2O2S/c1-10-8-11(18)6-7-12(10)19-16(21)9-15-17(22)20-13-4-2-3-5-14(13)23-15/h2-8,15H,9H2,1H3,(H,19,21)(H,20,22). The summed E-state index contributed by atoms with van der Waals surface area (Å²) in [5, 5.41) is 5.06. The fourth-order valence-electron chi connectivity index (χ4n) is 2.36. The van der Waals surface area contributed by atoms with Crippen LogP contribution in [0.3, 0.4) is 0 Å². The molecule has 0 aliphatic carbocycles. The van der Waals surface area contributed by atoms with Crippen molar-refractivity contribution in [2.75, 3.05) is 10.6 Å². The number of carbonyl (C=O) groups excluding carboxylic acids is 2. The Balaban J connectivity index is 1.67. The molecule has 1 unspecified atom stereocenters. The highest BCUT2D eigenvalue weighted by Gasteiger charge is 2.28. The molecule has 2 aromatic carbocycles. The van der Waals surface area contributed by atoms with Crippen LogP contribution in [0.15, 0.2) is 47.4 Å². The van der Waals surface area contributed by atoms with E-state index in [0.717, 1.165) is 10.6 Å². The predicted molar refractivity (Wildman–Crippen MR) is 89.1 cm³/mol. The smallest absolute Gasteiger partial charge is 0.238 e. The highest BCUT2D eigenvalue weighted by atomic mass is 32.2. The summed E-state index contributed by atoms with van der Waals surface area (Å²) in [6.07, 6.45) is 0.0572. The summed E-state index contributed by atoms with van der Waals surface area (Å²) in [5.74, 6) is -0.800. The Morgan fingerprint density at radius 2 is 2.09 bits per heavy atom. The first-order valence-corrected chi connectivity index (χ1v) is 8.03. The number of carbonyl (C=O) groups is 2. The van der Waals surface area contributed by atoms with E-state index >= 15 is 0 Å². The summed E-state index contributed by atoms with van der Waals surface area (Å²) in [6, 6.07) is 11.7. The fourth-order valence-corrected chi connectivity index (χ4v) is 3.47. The van der Waals surface area contributed by atoms with Crippen molar-refractivity contribution in [1.29, 1.82) is 0 Å². The van der Waals surface area contributed by atoms with E-state index < -0.39 is 5.25 Å². The third-order valence-corrected chi connectivity index (χ3v) is 4.82. The minimum Gasteiger partial charge on any atom is -0.326 e. The van der Waals surface area contributed by atoms with Crippen LogP contribution in [-0.4, -0.2) is 17.1 Å². The Hall–Kier alpha value is -2.34. The summed E-state index contributed by atoms with van der Waals surface area (Å²) in [5.41, 5.74) is 1.97. The first-order valence-electron chi connectivity index (χ1n) is 7.15. The van der Waals surface area contributed by atoms with Gasteiger partial charge in [0.15, 0.2) is 0 Å². The van der Waals surface area contributed by atoms with Crippen LogP contribution in [0.25, 0.3) is 0 Å². The van der Waals surface area contributed by atoms with Crippen molar-refractivity contribution in [3.8, 4) is 0 Å². The van der Waals surface area contributed by atoms with E-state index in [0.29, 0.717) is 11.3 Å². The van der Waals surface area contributed by atoms with E-state index in [4.69, 9.17) is 0 Å². The van der Waals surface area contributed by atoms with Gasteiger partial charge in [-0.25, -0.2) is 4.39 Å². The Morgan fingerprint density at radius 3 is 2.87 bits per heavy atom. The van der Waals surface area contributed by atoms with Gasteiger partial charge in [-0.15, -0.1) is 11.8 Å². The van der Waals surface area contributed by atoms with E-state index in [-0.39, 0.29) is 24.1 Å². The summed E-state index contributed by atoms with van der Waals surface area (Å²) in [4.78, 5) is 25.2. The molecule has 0 spiro atoms. The van der Waals surface area contributed by atoms with Crippen LogP contribution in [0, 0.1) is 12.7 Å². The van der Waals surface area contributed by atoms with E-state index in [1.165, 1.54) is 30.0 Å². The first kappa shape index (κ1) is 15.6. The average Bonchev–Trinajstić information content (AvgIpc) is 2.51. The molecule has 1 heterocycles. The predicted octanol–water partition coefficient (Wildman–Crippen LogP) is 3.58. The minimum absolute atomic E-state index is 0.0572. The van der Waals surface area contributed by atoms with Gasteiger partial charge < -0.3 is 10.6 Å². The number of hydrogen-bond donors (Lipinski definition) is 2. The molecule has 1 atom stereocenters. The maximum absolute atomic E-state index is 13.1. The number of aryl methyl sites for hydroxylation is 1. The monoisotopic (exact) mass is 330 g/mol. The Labute approximate surface area is 137 Å². The molecule has 6 heteroatoms. The van der Waals surface area contributed by atoms with E-state index in [1.54, 1.807) is 6.92 Å². The van der Waals surface area contributed by atoms with Gasteiger partial charge in [-0.1, -0.05) is 12.1 Å². The number of amides is 2. The molecule has 0 aromatic heterocycles. The van der Waals surface area contributed by atoms with Crippen LogP contribution in [0.4, 0.5) is 15.8 Å². The largest absolute Gasteiger partial charge is 0.326 e. The number of thioether (sulfide) groups is 1. The van der Waals surface area contributed by atoms with E-state index in [1.807, 2.05) is 24.3 Å². The zero-order chi connectivity index (χ0) is 16.4. The summed E-state index contributed by atoms with van der Waals surface area (Å²) < 4.78 is 13.1. The van der Waals surface area contributed by atoms with Crippen LogP contribution >= 0.6 is 11.8 Å². The Kier molecular flexibility index (Phi) is 4.34. The highest BCUT2D eigenvalue weighted by Crippen LogP contribution is 2.36. The number of anilines is 2. The highest BCUT2D eigenvalue weighted by molar-refractivity contribution is 8.01. The first-order chi connectivity index (χ1) is 11.0. The number of nitrogens with one attached hydrogen (secondary N) is 2. The van der Waals surface area contributed by atoms with Gasteiger partial charge in [-0.3, -0.25) is 9.59 Å². The molecule has 0 fully saturated rings. The van der Waals surface area contributed by atoms with E-state index in [9.17, 15) is 14.0 Å². The van der Waals surface area contributed by atoms with Gasteiger partial charge in [0.2, 0.25) is 11.8 Å². The van der Waals surface area contributed by atoms with Gasteiger partial charge in [0.05, 0.1) is 10.9 Å². The lowest BCUT2D eigenvalue weighted by Crippen LogP contribution is -2.32. The quantitative estimate of drug-likeness (QED) is 0.904. The molecule has 4 nitrogen and oxygen atoms in total. The second-order valence-electron chi connectivity index (χ2n) is 5.30. The van der Waals surface area contributed by atoms with Crippen molar-refractivity contribution < 1.29 is 14.0 Å². The van der Waals surface area contributed by atoms with Crippen LogP contribution < -0.4 is 10.6 Å². The van der Waals surface area contributed by atoms with Crippen molar-refractivity contribution in [3.05, 3.63) is 53.8 Å². The molecule has 1 aliphatic rings. The lowest BCUT2D eigenvalue weighted by atomic mass is 10.2. The van der Waals surface area contributed by atoms with Gasteiger partial charge in [-0.2, -0.15) is 0 Å². The van der Waals surface area contributed by atoms with E-state index in [2.05, 4.69) is 10.6 Å². The molecule has 23 heavy (non-hydrogen) atoms. The third-order valence-electron chi connectivity index (χ3n) is 3.54. The lowest BCUT2D eigenvalue weighted by Gasteiger charge is -2.23. The molecule has 118 valence electrons. The van der Waals surface area contributed by atoms with Gasteiger partial charge in [-0.05, 0) is 42.8 Å². The molecule has 0 bridgehead atoms. The van der Waals surface area contributed by atoms with Gasteiger partial charge in [0.25, 0.3) is 0 Å². The second-order valence-corrected chi connectivity index (χ2v) is 6.55. The number of hydrogen-bond acceptors (Lipinski definition) is 3. The van der Waals surface area contributed by atoms with Crippen LogP contribution in [0.2, 0.25) is 0 Å². The molecule has 2 amide bonds. The van der Waals surface area contributed by atoms with Gasteiger partial charge in [0.1, 0.15) is 5.82 Å². The lowest BCUT2D eigenvalue weighted by molar-refractivity contribution is -0.120. The minimum atomic E-state index is -0.481. The number of fused-ring (bicyclic) bond motifs is 1. The van der Waals surface area contributed by atoms with Gasteiger partial charge >= 0.3 is 0 Å². The van der Waals surface area contributed by atoms with Crippen molar-refractivity contribution in [2.24, 2.45) is 0 Å². The Bertz CT molecular complexity index is 779. The summed E-state index contributed by atoms with van der Waals surface area (Å²) in [7, 11) is 0. The number of halogens is 1. The van der Waals surface area contributed by atoms with Crippen LogP contribution in [0.1, 0.15) is 12.0 Å². The molecular weight excluding hydrogens is 315 g/mol. The summed E-state index contributed by atoms with van der Waals surface area (Å²) >= 11 is 1.38. The molecule has 0 radical (unpaired) electrons. The van der Waals surface area contributed by atoms with Crippen LogP contribution in [0.5, 0.6) is 0 Å². The molecule has 3 rings (SSSR count). The molecule has 0 saturated heterocycles.